The van der Waals surface area contributed by atoms with Gasteiger partial charge in [-0.05, 0) is 43.8 Å². The third kappa shape index (κ3) is 11.1. The van der Waals surface area contributed by atoms with Gasteiger partial charge in [-0.2, -0.15) is 0 Å². The van der Waals surface area contributed by atoms with E-state index in [9.17, 15) is 4.79 Å². The number of ketones is 1. The quantitative estimate of drug-likeness (QED) is 0.174. The normalized spacial score (nSPS) is 21.6. The maximum absolute atomic E-state index is 12.2. The first kappa shape index (κ1) is 35.4. The molecule has 0 unspecified atom stereocenters. The molecule has 2 aliphatic carbocycles. The fraction of sp³-hybridized carbons (Fsp3) is 0.400. The summed E-state index contributed by atoms with van der Waals surface area (Å²) in [6, 6.07) is 0. The standard InChI is InChI=1S/C40H52OSe/c1-29(17-13-19-31(3)21-23-35-33(5)37(41)25-27-39(35,7)8)15-11-12-16-30(2)18-14-20-32(4)22-24-36-34(6)38(42)26-28-40(36,9)10/h11-24H,25-28H2,1-10H3/b12-11+,17-13+,18-14+,23-21+,24-22+,29-15+,30-16+,31-19+,32-20+. The molecule has 2 rings (SSSR count). The van der Waals surface area contributed by atoms with Gasteiger partial charge < -0.3 is 0 Å². The molecule has 0 heterocycles. The average molecular weight is 628 g/mol. The van der Waals surface area contributed by atoms with Crippen LogP contribution in [0.2, 0.25) is 0 Å². The predicted octanol–water partition coefficient (Wildman–Crippen LogP) is 10.7. The Morgan fingerprint density at radius 3 is 1.45 bits per heavy atom. The Bertz CT molecular complexity index is 1270. The second kappa shape index (κ2) is 16.2. The van der Waals surface area contributed by atoms with Gasteiger partial charge in [0.05, 0.1) is 0 Å². The maximum atomic E-state index is 12.2. The minimum absolute atomic E-state index is 0.0482. The van der Waals surface area contributed by atoms with Crippen LogP contribution in [0.3, 0.4) is 0 Å². The van der Waals surface area contributed by atoms with Crippen LogP contribution < -0.4 is 0 Å². The summed E-state index contributed by atoms with van der Waals surface area (Å²) in [5.41, 5.74) is 9.97. The largest absolute Gasteiger partial charge is 0.295 e. The zero-order valence-electron chi connectivity index (χ0n) is 27.7. The van der Waals surface area contributed by atoms with Crippen molar-refractivity contribution in [2.45, 2.75) is 94.9 Å². The van der Waals surface area contributed by atoms with Crippen molar-refractivity contribution in [2.24, 2.45) is 10.8 Å². The molecule has 0 saturated heterocycles. The van der Waals surface area contributed by atoms with Crippen LogP contribution in [0.25, 0.3) is 0 Å². The van der Waals surface area contributed by atoms with Crippen molar-refractivity contribution in [2.75, 3.05) is 0 Å². The molecule has 0 bridgehead atoms. The van der Waals surface area contributed by atoms with E-state index in [4.69, 9.17) is 0 Å². The third-order valence-corrected chi connectivity index (χ3v) is 9.42. The molecule has 42 heavy (non-hydrogen) atoms. The van der Waals surface area contributed by atoms with Crippen LogP contribution >= 0.6 is 0 Å². The topological polar surface area (TPSA) is 17.1 Å². The van der Waals surface area contributed by atoms with E-state index in [2.05, 4.69) is 163 Å². The van der Waals surface area contributed by atoms with Crippen molar-refractivity contribution in [3.63, 3.8) is 0 Å². The van der Waals surface area contributed by atoms with E-state index in [-0.39, 0.29) is 16.6 Å². The van der Waals surface area contributed by atoms with Crippen molar-refractivity contribution < 1.29 is 4.79 Å². The van der Waals surface area contributed by atoms with Crippen molar-refractivity contribution in [1.29, 1.82) is 0 Å². The molecular formula is C40H52OSe. The number of allylic oxidation sites excluding steroid dienone is 22. The third-order valence-electron chi connectivity index (χ3n) is 8.35. The first-order chi connectivity index (χ1) is 19.6. The molecule has 0 N–H and O–H groups in total. The van der Waals surface area contributed by atoms with Crippen molar-refractivity contribution in [1.82, 2.24) is 0 Å². The van der Waals surface area contributed by atoms with Gasteiger partial charge in [0, 0.05) is 6.42 Å². The van der Waals surface area contributed by atoms with Gasteiger partial charge in [0.15, 0.2) is 5.78 Å². The zero-order valence-corrected chi connectivity index (χ0v) is 29.4. The van der Waals surface area contributed by atoms with E-state index >= 15 is 0 Å². The fourth-order valence-corrected chi connectivity index (χ4v) is 5.73. The van der Waals surface area contributed by atoms with Crippen LogP contribution in [0, 0.1) is 10.8 Å². The minimum atomic E-state index is 0.0482. The van der Waals surface area contributed by atoms with E-state index in [0.717, 1.165) is 29.6 Å². The Balaban J connectivity index is 1.93. The van der Waals surface area contributed by atoms with Crippen LogP contribution in [0.15, 0.2) is 130 Å². The van der Waals surface area contributed by atoms with Gasteiger partial charge in [0.2, 0.25) is 0 Å². The first-order valence-electron chi connectivity index (χ1n) is 15.2. The van der Waals surface area contributed by atoms with Crippen LogP contribution in [-0.4, -0.2) is 25.8 Å². The summed E-state index contributed by atoms with van der Waals surface area (Å²) in [6.45, 7) is 21.8. The van der Waals surface area contributed by atoms with E-state index in [1.54, 1.807) is 0 Å². The van der Waals surface area contributed by atoms with Crippen LogP contribution in [0.5, 0.6) is 0 Å². The van der Waals surface area contributed by atoms with Gasteiger partial charge in [-0.3, -0.25) is 4.79 Å². The second-order valence-corrected chi connectivity index (χ2v) is 14.1. The summed E-state index contributed by atoms with van der Waals surface area (Å²) in [4.78, 5) is 12.2. The fourth-order valence-electron chi connectivity index (χ4n) is 5.28. The molecule has 0 saturated carbocycles. The Kier molecular flexibility index (Phi) is 13.6. The van der Waals surface area contributed by atoms with Crippen LogP contribution in [0.1, 0.15) is 94.9 Å². The Morgan fingerprint density at radius 1 is 0.595 bits per heavy atom. The summed E-state index contributed by atoms with van der Waals surface area (Å²) >= 11 is 3.26. The number of carbonyl (C=O) groups is 1. The van der Waals surface area contributed by atoms with Crippen molar-refractivity contribution in [3.8, 4) is 0 Å². The SMILES string of the molecule is CC1=C(/C=C/C(C)=C/C=C/C(C)=C/C=C/C=C(C)/C=C/C=C(C)/C=C/C2=C(C)C(=[Se])CCC2(C)C)C(C)(C)CCC1=O. The van der Waals surface area contributed by atoms with Crippen molar-refractivity contribution >= 4 is 25.8 Å². The van der Waals surface area contributed by atoms with Gasteiger partial charge in [-0.1, -0.05) is 67.5 Å². The number of rotatable bonds is 10. The van der Waals surface area contributed by atoms with Gasteiger partial charge in [-0.15, -0.1) is 0 Å². The molecule has 0 spiro atoms. The molecule has 0 radical (unpaired) electrons. The molecule has 0 atom stereocenters. The smallest absolute Gasteiger partial charge is 0.158 e. The van der Waals surface area contributed by atoms with E-state index in [1.165, 1.54) is 38.7 Å². The van der Waals surface area contributed by atoms with E-state index in [0.29, 0.717) is 6.42 Å². The molecule has 0 aromatic heterocycles. The average Bonchev–Trinajstić information content (AvgIpc) is 2.91. The van der Waals surface area contributed by atoms with Crippen LogP contribution in [-0.2, 0) is 4.79 Å². The Morgan fingerprint density at radius 2 is 0.976 bits per heavy atom. The van der Waals surface area contributed by atoms with Gasteiger partial charge in [0.1, 0.15) is 0 Å². The first-order valence-corrected chi connectivity index (χ1v) is 16.1. The zero-order chi connectivity index (χ0) is 31.5. The number of carbonyl (C=O) groups excluding carboxylic acids is 1. The summed E-state index contributed by atoms with van der Waals surface area (Å²) in [5.74, 6) is 0.278. The van der Waals surface area contributed by atoms with E-state index in [1.807, 2.05) is 6.92 Å². The van der Waals surface area contributed by atoms with Gasteiger partial charge >= 0.3 is 138 Å². The number of Topliss-reactive ketones (excluding diaryl/α,β-unsaturated/α-hetero) is 1. The minimum Gasteiger partial charge on any atom is -0.295 e. The molecule has 2 heteroatoms. The maximum Gasteiger partial charge on any atom is 0.158 e. The Labute approximate surface area is 265 Å². The van der Waals surface area contributed by atoms with Gasteiger partial charge in [0.25, 0.3) is 0 Å². The Hall–Kier alpha value is -2.80. The summed E-state index contributed by atoms with van der Waals surface area (Å²) < 4.78 is 1.40. The summed E-state index contributed by atoms with van der Waals surface area (Å²) in [5, 5.41) is 0. The number of hydrogen-bond donors (Lipinski definition) is 0. The van der Waals surface area contributed by atoms with Crippen LogP contribution in [0.4, 0.5) is 0 Å². The second-order valence-electron chi connectivity index (χ2n) is 13.1. The molecule has 0 aliphatic heterocycles. The molecule has 0 aromatic rings. The molecule has 0 amide bonds. The predicted molar refractivity (Wildman–Crippen MR) is 188 cm³/mol. The summed E-state index contributed by atoms with van der Waals surface area (Å²) in [6.07, 6.45) is 33.8. The number of hydrogen-bond acceptors (Lipinski definition) is 1. The van der Waals surface area contributed by atoms with Gasteiger partial charge in [-0.25, -0.2) is 0 Å². The molecule has 0 aromatic carbocycles. The molecule has 0 fully saturated rings. The molecule has 2 aliphatic rings. The van der Waals surface area contributed by atoms with E-state index < -0.39 is 0 Å². The monoisotopic (exact) mass is 628 g/mol. The molecular weight excluding hydrogens is 575 g/mol. The molecule has 1 nitrogen and oxygen atoms in total. The summed E-state index contributed by atoms with van der Waals surface area (Å²) in [7, 11) is 0. The van der Waals surface area contributed by atoms with Crippen molar-refractivity contribution in [3.05, 3.63) is 130 Å². The molecule has 224 valence electrons.